The lowest BCUT2D eigenvalue weighted by Crippen LogP contribution is -2.49. The Bertz CT molecular complexity index is 1450. The molecule has 39 heavy (non-hydrogen) atoms. The fraction of sp³-hybridized carbons (Fsp3) is 0.321. The van der Waals surface area contributed by atoms with E-state index in [1.54, 1.807) is 36.8 Å². The number of rotatable bonds is 8. The molecule has 2 aliphatic rings. The van der Waals surface area contributed by atoms with E-state index in [0.717, 1.165) is 18.4 Å². The van der Waals surface area contributed by atoms with Crippen molar-refractivity contribution in [2.75, 3.05) is 18.5 Å². The van der Waals surface area contributed by atoms with Crippen LogP contribution in [0, 0.1) is 11.2 Å². The van der Waals surface area contributed by atoms with Crippen LogP contribution in [-0.2, 0) is 20.8 Å². The summed E-state index contributed by atoms with van der Waals surface area (Å²) in [5.41, 5.74) is 2.66. The van der Waals surface area contributed by atoms with Crippen molar-refractivity contribution < 1.29 is 18.7 Å². The Kier molecular flexibility index (Phi) is 6.76. The number of nitrogens with one attached hydrogen (secondary N) is 3. The first-order valence-electron chi connectivity index (χ1n) is 12.8. The molecule has 2 fully saturated rings. The van der Waals surface area contributed by atoms with Gasteiger partial charge in [0.2, 0.25) is 18.1 Å². The molecule has 11 heteroatoms. The molecule has 1 amide bonds. The molecular weight excluding hydrogens is 501 g/mol. The molecule has 4 aromatic rings. The van der Waals surface area contributed by atoms with Gasteiger partial charge in [-0.2, -0.15) is 0 Å². The lowest BCUT2D eigenvalue weighted by Gasteiger charge is -2.35. The van der Waals surface area contributed by atoms with Gasteiger partial charge in [0.1, 0.15) is 5.82 Å². The number of carbonyl (C=O) groups excluding carboxylic acids is 1. The highest BCUT2D eigenvalue weighted by Gasteiger charge is 2.42. The lowest BCUT2D eigenvalue weighted by molar-refractivity contribution is -0.231. The van der Waals surface area contributed by atoms with Crippen molar-refractivity contribution in [1.29, 1.82) is 0 Å². The van der Waals surface area contributed by atoms with Crippen molar-refractivity contribution in [2.24, 2.45) is 5.41 Å². The number of benzene rings is 1. The van der Waals surface area contributed by atoms with E-state index >= 15 is 0 Å². The van der Waals surface area contributed by atoms with Crippen molar-refractivity contribution in [2.45, 2.75) is 38.6 Å². The van der Waals surface area contributed by atoms with Crippen LogP contribution in [0.2, 0.25) is 0 Å². The zero-order valence-corrected chi connectivity index (χ0v) is 21.4. The van der Waals surface area contributed by atoms with E-state index in [1.807, 2.05) is 19.1 Å². The number of halogens is 1. The predicted octanol–water partition coefficient (Wildman–Crippen LogP) is 4.01. The van der Waals surface area contributed by atoms with Crippen molar-refractivity contribution in [3.63, 3.8) is 0 Å². The van der Waals surface area contributed by atoms with E-state index < -0.39 is 11.7 Å². The molecule has 3 aromatic heterocycles. The average molecular weight is 530 g/mol. The first-order chi connectivity index (χ1) is 19.0. The summed E-state index contributed by atoms with van der Waals surface area (Å²) < 4.78 is 25.7. The molecule has 1 aliphatic heterocycles. The molecule has 10 nitrogen and oxygen atoms in total. The molecule has 200 valence electrons. The summed E-state index contributed by atoms with van der Waals surface area (Å²) in [7, 11) is 0. The van der Waals surface area contributed by atoms with Gasteiger partial charge in [0.25, 0.3) is 0 Å². The Morgan fingerprint density at radius 3 is 2.62 bits per heavy atom. The highest BCUT2D eigenvalue weighted by Crippen LogP contribution is 2.36. The number of aromatic nitrogens is 5. The second kappa shape index (κ2) is 10.5. The Morgan fingerprint density at radius 2 is 1.90 bits per heavy atom. The van der Waals surface area contributed by atoms with Gasteiger partial charge in [0.05, 0.1) is 35.7 Å². The highest BCUT2D eigenvalue weighted by molar-refractivity contribution is 5.83. The third kappa shape index (κ3) is 5.64. The van der Waals surface area contributed by atoms with Crippen LogP contribution in [0.25, 0.3) is 22.6 Å². The van der Waals surface area contributed by atoms with Gasteiger partial charge in [-0.05, 0) is 61.7 Å². The number of pyridine rings is 1. The van der Waals surface area contributed by atoms with Crippen molar-refractivity contribution in [3.8, 4) is 22.6 Å². The summed E-state index contributed by atoms with van der Waals surface area (Å²) in [5.74, 6) is 0.447. The molecule has 6 rings (SSSR count). The lowest BCUT2D eigenvalue weighted by atomic mass is 9.91. The highest BCUT2D eigenvalue weighted by atomic mass is 19.1. The van der Waals surface area contributed by atoms with Crippen molar-refractivity contribution >= 4 is 11.9 Å². The number of imidazole rings is 1. The summed E-state index contributed by atoms with van der Waals surface area (Å²) in [6.45, 7) is 2.72. The fourth-order valence-electron chi connectivity index (χ4n) is 4.26. The molecule has 1 saturated heterocycles. The maximum absolute atomic E-state index is 13.7. The first-order valence-corrected chi connectivity index (χ1v) is 12.8. The largest absolute Gasteiger partial charge is 0.353 e. The summed E-state index contributed by atoms with van der Waals surface area (Å²) >= 11 is 0. The zero-order valence-electron chi connectivity index (χ0n) is 21.4. The number of amides is 1. The van der Waals surface area contributed by atoms with Gasteiger partial charge in [0, 0.05) is 36.7 Å². The summed E-state index contributed by atoms with van der Waals surface area (Å²) in [6, 6.07) is 11.9. The van der Waals surface area contributed by atoms with Gasteiger partial charge >= 0.3 is 0 Å². The number of hydrogen-bond acceptors (Lipinski definition) is 8. The third-order valence-corrected chi connectivity index (χ3v) is 6.72. The van der Waals surface area contributed by atoms with Crippen LogP contribution in [0.15, 0.2) is 61.1 Å². The van der Waals surface area contributed by atoms with E-state index in [1.165, 1.54) is 12.1 Å². The Labute approximate surface area is 224 Å². The van der Waals surface area contributed by atoms with Crippen LogP contribution in [0.5, 0.6) is 0 Å². The number of carbonyl (C=O) groups is 1. The molecule has 1 aliphatic carbocycles. The molecule has 0 radical (unpaired) electrons. The van der Waals surface area contributed by atoms with Crippen LogP contribution >= 0.6 is 0 Å². The van der Waals surface area contributed by atoms with Gasteiger partial charge in [-0.25, -0.2) is 19.3 Å². The molecule has 1 saturated carbocycles. The number of nitrogens with zero attached hydrogens (tertiary/aromatic N) is 4. The van der Waals surface area contributed by atoms with Gasteiger partial charge < -0.3 is 25.1 Å². The van der Waals surface area contributed by atoms with Gasteiger partial charge in [-0.3, -0.25) is 9.78 Å². The standard InChI is InChI=1S/C28H28FN7O3/c1-28(26(37)33-20-8-9-20)15-38-25(39-16-28)24-35-22(18-4-6-19(29)7-5-18)23(36-24)21-10-12-31-27(34-21)32-14-17-3-2-11-30-13-17/h2-7,10-13,20,25H,8-9,14-16H2,1H3,(H,33,37)(H,35,36)(H,31,32,34). The number of H-pyrrole nitrogens is 1. The zero-order chi connectivity index (χ0) is 26.8. The summed E-state index contributed by atoms with van der Waals surface area (Å²) in [5, 5.41) is 6.24. The van der Waals surface area contributed by atoms with Crippen molar-refractivity contribution in [1.82, 2.24) is 30.2 Å². The predicted molar refractivity (Wildman–Crippen MR) is 140 cm³/mol. The first kappa shape index (κ1) is 25.1. The van der Waals surface area contributed by atoms with Crippen LogP contribution < -0.4 is 10.6 Å². The maximum atomic E-state index is 13.7. The van der Waals surface area contributed by atoms with Crippen LogP contribution in [0.4, 0.5) is 10.3 Å². The quantitative estimate of drug-likeness (QED) is 0.313. The van der Waals surface area contributed by atoms with Gasteiger partial charge in [-0.1, -0.05) is 6.07 Å². The minimum atomic E-state index is -0.801. The van der Waals surface area contributed by atoms with Gasteiger partial charge in [-0.15, -0.1) is 0 Å². The average Bonchev–Trinajstić information content (AvgIpc) is 3.67. The minimum Gasteiger partial charge on any atom is -0.353 e. The van der Waals surface area contributed by atoms with E-state index in [0.29, 0.717) is 41.0 Å². The molecular formula is C28H28FN7O3. The Hall–Kier alpha value is -4.22. The Morgan fingerprint density at radius 1 is 1.10 bits per heavy atom. The number of aromatic amines is 1. The third-order valence-electron chi connectivity index (χ3n) is 6.72. The minimum absolute atomic E-state index is 0.0668. The van der Waals surface area contributed by atoms with Crippen LogP contribution in [-0.4, -0.2) is 50.1 Å². The van der Waals surface area contributed by atoms with E-state index in [9.17, 15) is 9.18 Å². The molecule has 0 spiro atoms. The second-order valence-corrected chi connectivity index (χ2v) is 10.1. The van der Waals surface area contributed by atoms with Crippen molar-refractivity contribution in [3.05, 3.63) is 78.3 Å². The molecule has 3 N–H and O–H groups in total. The smallest absolute Gasteiger partial charge is 0.230 e. The summed E-state index contributed by atoms with van der Waals surface area (Å²) in [6.07, 6.45) is 6.37. The van der Waals surface area contributed by atoms with E-state index in [4.69, 9.17) is 14.5 Å². The fourth-order valence-corrected chi connectivity index (χ4v) is 4.26. The normalized spacial score (nSPS) is 20.9. The molecule has 4 heterocycles. The number of anilines is 1. The molecule has 0 unspecified atom stereocenters. The molecule has 0 atom stereocenters. The SMILES string of the molecule is CC1(C(=O)NC2CC2)COC(c2nc(-c3ccc(F)cc3)c(-c3ccnc(NCc4cccnc4)n3)[nH]2)OC1. The molecule has 0 bridgehead atoms. The number of hydrogen-bond donors (Lipinski definition) is 3. The molecule has 1 aromatic carbocycles. The summed E-state index contributed by atoms with van der Waals surface area (Å²) in [4.78, 5) is 33.9. The van der Waals surface area contributed by atoms with Gasteiger partial charge in [0.15, 0.2) is 5.82 Å². The monoisotopic (exact) mass is 529 g/mol. The number of ether oxygens (including phenoxy) is 2. The second-order valence-electron chi connectivity index (χ2n) is 10.1. The van der Waals surface area contributed by atoms with Crippen LogP contribution in [0.3, 0.4) is 0 Å². The van der Waals surface area contributed by atoms with Crippen LogP contribution in [0.1, 0.15) is 37.4 Å². The van der Waals surface area contributed by atoms with E-state index in [2.05, 4.69) is 30.6 Å². The maximum Gasteiger partial charge on any atom is 0.230 e. The topological polar surface area (TPSA) is 127 Å². The Balaban J connectivity index is 1.26. The van der Waals surface area contributed by atoms with E-state index in [-0.39, 0.29) is 31.0 Å².